The summed E-state index contributed by atoms with van der Waals surface area (Å²) >= 11 is 0. The number of fused-ring (bicyclic) bond motifs is 1. The van der Waals surface area contributed by atoms with Crippen molar-refractivity contribution in [1.29, 1.82) is 0 Å². The monoisotopic (exact) mass is 319 g/mol. The number of aromatic nitrogens is 1. The molecule has 0 N–H and O–H groups in total. The van der Waals surface area contributed by atoms with Crippen molar-refractivity contribution < 1.29 is 13.2 Å². The van der Waals surface area contributed by atoms with Crippen LogP contribution >= 0.6 is 0 Å². The number of aryl methyl sites for hydroxylation is 1. The lowest BCUT2D eigenvalue weighted by molar-refractivity contribution is 0.101. The molecule has 118 valence electrons. The van der Waals surface area contributed by atoms with Gasteiger partial charge in [0.15, 0.2) is 15.6 Å². The molecule has 5 heteroatoms. The van der Waals surface area contributed by atoms with Gasteiger partial charge in [-0.3, -0.25) is 4.79 Å². The number of benzene rings is 1. The van der Waals surface area contributed by atoms with Crippen LogP contribution in [0.5, 0.6) is 0 Å². The Morgan fingerprint density at radius 1 is 1.27 bits per heavy atom. The van der Waals surface area contributed by atoms with E-state index in [9.17, 15) is 13.2 Å². The fourth-order valence-corrected chi connectivity index (χ4v) is 3.75. The van der Waals surface area contributed by atoms with Gasteiger partial charge in [0.1, 0.15) is 0 Å². The molecule has 1 aromatic heterocycles. The maximum Gasteiger partial charge on any atom is 0.161 e. The van der Waals surface area contributed by atoms with Gasteiger partial charge in [0.05, 0.1) is 11.5 Å². The average molecular weight is 319 g/mol. The molecule has 0 spiro atoms. The Balaban J connectivity index is 2.06. The topological polar surface area (TPSA) is 56.1 Å². The van der Waals surface area contributed by atoms with Crippen LogP contribution in [0.1, 0.15) is 30.1 Å². The molecule has 2 aromatic rings. The second kappa shape index (κ2) is 6.92. The van der Waals surface area contributed by atoms with E-state index in [2.05, 4.69) is 6.58 Å². The minimum Gasteiger partial charge on any atom is -0.347 e. The number of rotatable bonds is 8. The predicted molar refractivity (Wildman–Crippen MR) is 90.0 cm³/mol. The molecule has 4 nitrogen and oxygen atoms in total. The number of hydrogen-bond donors (Lipinski definition) is 0. The molecule has 0 radical (unpaired) electrons. The van der Waals surface area contributed by atoms with Crippen LogP contribution in [-0.4, -0.2) is 30.3 Å². The Morgan fingerprint density at radius 3 is 2.68 bits per heavy atom. The number of unbranched alkanes of at least 4 members (excludes halogenated alkanes) is 1. The third-order valence-corrected chi connectivity index (χ3v) is 5.30. The molecule has 0 aliphatic rings. The van der Waals surface area contributed by atoms with Crippen molar-refractivity contribution in [2.24, 2.45) is 0 Å². The van der Waals surface area contributed by atoms with Gasteiger partial charge in [0.25, 0.3) is 0 Å². The van der Waals surface area contributed by atoms with E-state index < -0.39 is 9.84 Å². The first kappa shape index (κ1) is 16.5. The van der Waals surface area contributed by atoms with E-state index in [1.165, 1.54) is 6.08 Å². The first-order valence-corrected chi connectivity index (χ1v) is 9.17. The smallest absolute Gasteiger partial charge is 0.161 e. The van der Waals surface area contributed by atoms with Gasteiger partial charge in [-0.2, -0.15) is 0 Å². The van der Waals surface area contributed by atoms with E-state index in [-0.39, 0.29) is 17.3 Å². The second-order valence-corrected chi connectivity index (χ2v) is 7.65. The van der Waals surface area contributed by atoms with Gasteiger partial charge in [0, 0.05) is 29.2 Å². The number of hydrogen-bond acceptors (Lipinski definition) is 3. The number of carbonyl (C=O) groups is 1. The van der Waals surface area contributed by atoms with Crippen molar-refractivity contribution in [2.45, 2.75) is 26.3 Å². The molecule has 0 saturated carbocycles. The number of nitrogens with zero attached hydrogens (tertiary/aromatic N) is 1. The maximum absolute atomic E-state index is 11.7. The van der Waals surface area contributed by atoms with E-state index in [1.807, 2.05) is 35.0 Å². The molecule has 0 atom stereocenters. The zero-order valence-electron chi connectivity index (χ0n) is 12.8. The van der Waals surface area contributed by atoms with Crippen molar-refractivity contribution in [1.82, 2.24) is 4.57 Å². The van der Waals surface area contributed by atoms with E-state index in [0.717, 1.165) is 22.9 Å². The molecule has 1 aromatic carbocycles. The first-order chi connectivity index (χ1) is 10.4. The highest BCUT2D eigenvalue weighted by molar-refractivity contribution is 7.91. The summed E-state index contributed by atoms with van der Waals surface area (Å²) in [7, 11) is -3.02. The van der Waals surface area contributed by atoms with Gasteiger partial charge < -0.3 is 4.57 Å². The number of sulfone groups is 1. The summed E-state index contributed by atoms with van der Waals surface area (Å²) in [6.07, 6.45) is 4.66. The van der Waals surface area contributed by atoms with E-state index in [1.54, 1.807) is 6.92 Å². The summed E-state index contributed by atoms with van der Waals surface area (Å²) in [4.78, 5) is 11.7. The van der Waals surface area contributed by atoms with Crippen LogP contribution in [0.2, 0.25) is 0 Å². The highest BCUT2D eigenvalue weighted by Gasteiger charge is 2.12. The van der Waals surface area contributed by atoms with Gasteiger partial charge in [-0.15, -0.1) is 6.58 Å². The summed E-state index contributed by atoms with van der Waals surface area (Å²) in [5.41, 5.74) is 1.73. The molecule has 0 aliphatic carbocycles. The molecule has 0 aliphatic heterocycles. The normalized spacial score (nSPS) is 11.7. The molecule has 0 bridgehead atoms. The van der Waals surface area contributed by atoms with Gasteiger partial charge in [-0.1, -0.05) is 24.3 Å². The Hall–Kier alpha value is -1.88. The minimum atomic E-state index is -3.02. The maximum atomic E-state index is 11.7. The van der Waals surface area contributed by atoms with Crippen molar-refractivity contribution in [2.75, 3.05) is 11.5 Å². The highest BCUT2D eigenvalue weighted by Crippen LogP contribution is 2.22. The second-order valence-electron chi connectivity index (χ2n) is 5.42. The summed E-state index contributed by atoms with van der Waals surface area (Å²) in [5, 5.41) is 0.953. The number of ketones is 1. The minimum absolute atomic E-state index is 0.0356. The zero-order valence-corrected chi connectivity index (χ0v) is 13.6. The third-order valence-electron chi connectivity index (χ3n) is 3.64. The van der Waals surface area contributed by atoms with Gasteiger partial charge in [-0.25, -0.2) is 8.42 Å². The van der Waals surface area contributed by atoms with E-state index >= 15 is 0 Å². The van der Waals surface area contributed by atoms with Crippen LogP contribution < -0.4 is 0 Å². The molecular weight excluding hydrogens is 298 g/mol. The third kappa shape index (κ3) is 3.85. The van der Waals surface area contributed by atoms with Crippen LogP contribution in [-0.2, 0) is 16.4 Å². The fraction of sp³-hybridized carbons (Fsp3) is 0.353. The molecule has 1 heterocycles. The Kier molecular flexibility index (Phi) is 5.19. The van der Waals surface area contributed by atoms with Gasteiger partial charge in [0.2, 0.25) is 0 Å². The van der Waals surface area contributed by atoms with Crippen LogP contribution in [0.4, 0.5) is 0 Å². The molecule has 2 rings (SSSR count). The van der Waals surface area contributed by atoms with Crippen LogP contribution in [0.3, 0.4) is 0 Å². The lowest BCUT2D eigenvalue weighted by atomic mass is 10.1. The molecule has 0 saturated heterocycles. The molecule has 0 unspecified atom stereocenters. The Bertz CT molecular complexity index is 787. The van der Waals surface area contributed by atoms with E-state index in [0.29, 0.717) is 13.0 Å². The first-order valence-electron chi connectivity index (χ1n) is 7.35. The summed E-state index contributed by atoms with van der Waals surface area (Å²) in [6, 6.07) is 7.78. The largest absolute Gasteiger partial charge is 0.347 e. The van der Waals surface area contributed by atoms with Crippen LogP contribution in [0.25, 0.3) is 10.9 Å². The molecule has 22 heavy (non-hydrogen) atoms. The Labute approximate surface area is 131 Å². The zero-order chi connectivity index (χ0) is 16.2. The summed E-state index contributed by atoms with van der Waals surface area (Å²) < 4.78 is 25.3. The number of carbonyl (C=O) groups excluding carboxylic acids is 1. The SMILES string of the molecule is C=CCS(=O)(=O)CCCCn1cc(C(C)=O)c2ccccc21. The fourth-order valence-electron chi connectivity index (χ4n) is 2.58. The molecule has 0 fully saturated rings. The average Bonchev–Trinajstić information content (AvgIpc) is 2.83. The quantitative estimate of drug-likeness (QED) is 0.426. The predicted octanol–water partition coefficient (Wildman–Crippen LogP) is 3.22. The van der Waals surface area contributed by atoms with Gasteiger partial charge in [-0.05, 0) is 25.8 Å². The standard InChI is InChI=1S/C17H21NO3S/c1-3-11-22(20,21)12-7-6-10-18-13-16(14(2)19)15-8-4-5-9-17(15)18/h3-5,8-9,13H,1,6-7,10-12H2,2H3. The van der Waals surface area contributed by atoms with Crippen molar-refractivity contribution in [3.63, 3.8) is 0 Å². The number of Topliss-reactive ketones (excluding diaryl/α,β-unsaturated/α-hetero) is 1. The van der Waals surface area contributed by atoms with Gasteiger partial charge >= 0.3 is 0 Å². The van der Waals surface area contributed by atoms with Crippen LogP contribution in [0.15, 0.2) is 43.1 Å². The van der Waals surface area contributed by atoms with Crippen molar-refractivity contribution in [3.05, 3.63) is 48.7 Å². The summed E-state index contributed by atoms with van der Waals surface area (Å²) in [5.74, 6) is 0.259. The number of para-hydroxylation sites is 1. The van der Waals surface area contributed by atoms with Crippen molar-refractivity contribution >= 4 is 26.5 Å². The van der Waals surface area contributed by atoms with Crippen LogP contribution in [0, 0.1) is 0 Å². The van der Waals surface area contributed by atoms with E-state index in [4.69, 9.17) is 0 Å². The highest BCUT2D eigenvalue weighted by atomic mass is 32.2. The summed E-state index contributed by atoms with van der Waals surface area (Å²) in [6.45, 7) is 5.73. The lowest BCUT2D eigenvalue weighted by Gasteiger charge is -2.05. The molecular formula is C17H21NO3S. The lowest BCUT2D eigenvalue weighted by Crippen LogP contribution is -2.10. The Morgan fingerprint density at radius 2 is 2.00 bits per heavy atom. The molecule has 0 amide bonds. The van der Waals surface area contributed by atoms with Crippen molar-refractivity contribution in [3.8, 4) is 0 Å².